The average Bonchev–Trinajstić information content (AvgIpc) is 1.89. The average molecular weight is 130 g/mol. The van der Waals surface area contributed by atoms with Crippen molar-refractivity contribution in [3.05, 3.63) is 0 Å². The summed E-state index contributed by atoms with van der Waals surface area (Å²) < 4.78 is 4.76. The van der Waals surface area contributed by atoms with Gasteiger partial charge in [-0.2, -0.15) is 0 Å². The summed E-state index contributed by atoms with van der Waals surface area (Å²) in [6, 6.07) is 0. The second-order valence-corrected chi connectivity index (χ2v) is 1.64. The number of carbonyl (C=O) groups excluding carboxylic acids is 1. The maximum absolute atomic E-state index is 9.64. The molecule has 0 rings (SSSR count). The van der Waals surface area contributed by atoms with Gasteiger partial charge in [0.1, 0.15) is 0 Å². The lowest BCUT2D eigenvalue weighted by atomic mass is 10.5. The maximum atomic E-state index is 9.64. The molecule has 0 aromatic rings. The predicted octanol–water partition coefficient (Wildman–Crippen LogP) is -0.278. The molecule has 0 bridgehead atoms. The fourth-order valence-corrected chi connectivity index (χ4v) is 0.439. The summed E-state index contributed by atoms with van der Waals surface area (Å²) in [5, 5.41) is 3.00. The van der Waals surface area contributed by atoms with E-state index in [9.17, 15) is 4.79 Å². The Bertz CT molecular complexity index is 66.1. The predicted molar refractivity (Wildman–Crippen MR) is 35.1 cm³/mol. The highest BCUT2D eigenvalue weighted by Gasteiger charge is 1.84. The van der Waals surface area contributed by atoms with E-state index in [4.69, 9.17) is 4.74 Å². The van der Waals surface area contributed by atoms with Crippen LogP contribution in [0.4, 0.5) is 0 Å². The lowest BCUT2D eigenvalue weighted by Gasteiger charge is -1.98. The molecular formula is C6H12NO2. The number of hydrogen-bond acceptors (Lipinski definition) is 3. The topological polar surface area (TPSA) is 38.3 Å². The highest BCUT2D eigenvalue weighted by Crippen LogP contribution is 1.67. The molecule has 53 valence electrons. The molecule has 3 nitrogen and oxygen atoms in total. The van der Waals surface area contributed by atoms with Crippen molar-refractivity contribution in [3.63, 3.8) is 0 Å². The third kappa shape index (κ3) is 7.59. The highest BCUT2D eigenvalue weighted by molar-refractivity contribution is 5.50. The molecule has 0 spiro atoms. The Hall–Kier alpha value is -0.410. The van der Waals surface area contributed by atoms with Crippen LogP contribution in [0.3, 0.4) is 0 Å². The van der Waals surface area contributed by atoms with E-state index in [1.165, 1.54) is 0 Å². The van der Waals surface area contributed by atoms with Gasteiger partial charge < -0.3 is 10.1 Å². The summed E-state index contributed by atoms with van der Waals surface area (Å²) in [4.78, 5) is 9.64. The molecule has 0 fully saturated rings. The molecule has 0 aliphatic heterocycles. The van der Waals surface area contributed by atoms with E-state index in [-0.39, 0.29) is 0 Å². The van der Waals surface area contributed by atoms with Crippen molar-refractivity contribution in [1.82, 2.24) is 5.32 Å². The van der Waals surface area contributed by atoms with Crippen LogP contribution in [-0.4, -0.2) is 33.1 Å². The molecule has 1 N–H and O–H groups in total. The summed E-state index contributed by atoms with van der Waals surface area (Å²) in [5.74, 6) is 0. The molecule has 0 aromatic heterocycles. The first-order valence-corrected chi connectivity index (χ1v) is 2.96. The molecule has 0 unspecified atom stereocenters. The van der Waals surface area contributed by atoms with Crippen LogP contribution in [-0.2, 0) is 9.53 Å². The third-order valence-electron chi connectivity index (χ3n) is 0.887. The van der Waals surface area contributed by atoms with Gasteiger partial charge >= 0.3 is 0 Å². The summed E-state index contributed by atoms with van der Waals surface area (Å²) in [6.45, 7) is 2.20. The van der Waals surface area contributed by atoms with Crippen LogP contribution in [0.2, 0.25) is 0 Å². The van der Waals surface area contributed by atoms with Crippen molar-refractivity contribution in [2.24, 2.45) is 0 Å². The van der Waals surface area contributed by atoms with Gasteiger partial charge in [0, 0.05) is 26.6 Å². The van der Waals surface area contributed by atoms with Gasteiger partial charge in [-0.15, -0.1) is 0 Å². The fraction of sp³-hybridized carbons (Fsp3) is 0.833. The quantitative estimate of drug-likeness (QED) is 0.503. The molecule has 0 heterocycles. The van der Waals surface area contributed by atoms with E-state index in [0.717, 1.165) is 6.54 Å². The van der Waals surface area contributed by atoms with Gasteiger partial charge in [0.05, 0.1) is 6.61 Å². The van der Waals surface area contributed by atoms with Crippen molar-refractivity contribution in [3.8, 4) is 0 Å². The van der Waals surface area contributed by atoms with Gasteiger partial charge in [-0.1, -0.05) is 0 Å². The number of methoxy groups -OCH3 is 1. The zero-order valence-electron chi connectivity index (χ0n) is 5.64. The zero-order chi connectivity index (χ0) is 6.95. The Morgan fingerprint density at radius 1 is 1.56 bits per heavy atom. The van der Waals surface area contributed by atoms with Crippen molar-refractivity contribution >= 4 is 6.29 Å². The molecule has 3 heteroatoms. The zero-order valence-corrected chi connectivity index (χ0v) is 5.64. The summed E-state index contributed by atoms with van der Waals surface area (Å²) in [5.41, 5.74) is 0. The van der Waals surface area contributed by atoms with Crippen LogP contribution in [0.25, 0.3) is 0 Å². The van der Waals surface area contributed by atoms with E-state index < -0.39 is 0 Å². The van der Waals surface area contributed by atoms with Crippen LogP contribution in [0.5, 0.6) is 0 Å². The molecule has 0 amide bonds. The Labute approximate surface area is 55.4 Å². The Balaban J connectivity index is 2.66. The van der Waals surface area contributed by atoms with Crippen LogP contribution >= 0.6 is 0 Å². The first-order chi connectivity index (χ1) is 4.41. The third-order valence-corrected chi connectivity index (χ3v) is 0.887. The summed E-state index contributed by atoms with van der Waals surface area (Å²) >= 11 is 0. The van der Waals surface area contributed by atoms with E-state index in [1.54, 1.807) is 13.4 Å². The van der Waals surface area contributed by atoms with Gasteiger partial charge in [0.25, 0.3) is 0 Å². The van der Waals surface area contributed by atoms with Gasteiger partial charge in [0.15, 0.2) is 6.29 Å². The van der Waals surface area contributed by atoms with E-state index >= 15 is 0 Å². The van der Waals surface area contributed by atoms with Crippen LogP contribution in [0.1, 0.15) is 6.42 Å². The second kappa shape index (κ2) is 7.59. The first-order valence-electron chi connectivity index (χ1n) is 2.96. The van der Waals surface area contributed by atoms with Crippen LogP contribution in [0.15, 0.2) is 0 Å². The number of ether oxygens (including phenoxy) is 1. The van der Waals surface area contributed by atoms with Crippen LogP contribution in [0, 0.1) is 0 Å². The summed E-state index contributed by atoms with van der Waals surface area (Å²) in [7, 11) is 1.65. The maximum Gasteiger partial charge on any atom is 0.199 e. The van der Waals surface area contributed by atoms with Gasteiger partial charge in [-0.05, 0) is 0 Å². The first kappa shape index (κ1) is 8.59. The summed E-state index contributed by atoms with van der Waals surface area (Å²) in [6.07, 6.45) is 2.25. The molecule has 0 saturated carbocycles. The largest absolute Gasteiger partial charge is 0.383 e. The molecule has 0 atom stereocenters. The highest BCUT2D eigenvalue weighted by atomic mass is 16.5. The monoisotopic (exact) mass is 130 g/mol. The standard InChI is InChI=1S/C6H12NO2/c1-9-6-4-7-3-2-5-8/h7H,2-4,6H2,1H3. The fourth-order valence-electron chi connectivity index (χ4n) is 0.439. The Morgan fingerprint density at radius 2 is 2.33 bits per heavy atom. The van der Waals surface area contributed by atoms with Gasteiger partial charge in [-0.25, -0.2) is 0 Å². The molecule has 0 aliphatic rings. The molecule has 0 saturated heterocycles. The lowest BCUT2D eigenvalue weighted by molar-refractivity contribution is 0.200. The minimum absolute atomic E-state index is 0.462. The normalized spacial score (nSPS) is 9.44. The molecule has 0 aromatic carbocycles. The second-order valence-electron chi connectivity index (χ2n) is 1.64. The molecular weight excluding hydrogens is 118 g/mol. The number of hydrogen-bond donors (Lipinski definition) is 1. The molecule has 1 radical (unpaired) electrons. The van der Waals surface area contributed by atoms with E-state index in [1.807, 2.05) is 0 Å². The van der Waals surface area contributed by atoms with E-state index in [2.05, 4.69) is 5.32 Å². The number of nitrogens with one attached hydrogen (secondary N) is 1. The lowest BCUT2D eigenvalue weighted by Crippen LogP contribution is -2.20. The van der Waals surface area contributed by atoms with Crippen LogP contribution < -0.4 is 5.32 Å². The van der Waals surface area contributed by atoms with Crippen molar-refractivity contribution in [1.29, 1.82) is 0 Å². The van der Waals surface area contributed by atoms with Gasteiger partial charge in [-0.3, -0.25) is 4.79 Å². The molecule has 0 aliphatic carbocycles. The Kier molecular flexibility index (Phi) is 7.24. The number of rotatable bonds is 6. The van der Waals surface area contributed by atoms with Crippen molar-refractivity contribution in [2.45, 2.75) is 6.42 Å². The van der Waals surface area contributed by atoms with Gasteiger partial charge in [0.2, 0.25) is 0 Å². The van der Waals surface area contributed by atoms with Crippen molar-refractivity contribution in [2.75, 3.05) is 26.8 Å². The minimum atomic E-state index is 0.462. The minimum Gasteiger partial charge on any atom is -0.383 e. The smallest absolute Gasteiger partial charge is 0.199 e. The van der Waals surface area contributed by atoms with Crippen molar-refractivity contribution < 1.29 is 9.53 Å². The Morgan fingerprint density at radius 3 is 2.89 bits per heavy atom. The SMILES string of the molecule is COCCNCC[C]=O. The molecule has 9 heavy (non-hydrogen) atoms. The van der Waals surface area contributed by atoms with E-state index in [0.29, 0.717) is 19.6 Å².